The molecule has 0 saturated carbocycles. The molecular formula is C18H19N3S. The molecule has 1 aromatic heterocycles. The predicted octanol–water partition coefficient (Wildman–Crippen LogP) is 4.27. The van der Waals surface area contributed by atoms with Gasteiger partial charge in [0.25, 0.3) is 0 Å². The van der Waals surface area contributed by atoms with Gasteiger partial charge in [0.05, 0.1) is 5.52 Å². The SMILES string of the molecule is Cc1cc(S)ccc1CC(C)Nc1ncnc2ccccc12. The highest BCUT2D eigenvalue weighted by Crippen LogP contribution is 2.21. The summed E-state index contributed by atoms with van der Waals surface area (Å²) in [5, 5.41) is 4.56. The van der Waals surface area contributed by atoms with Crippen molar-refractivity contribution in [3.05, 3.63) is 59.9 Å². The molecule has 3 aromatic rings. The Labute approximate surface area is 136 Å². The van der Waals surface area contributed by atoms with Gasteiger partial charge >= 0.3 is 0 Å². The van der Waals surface area contributed by atoms with E-state index in [1.807, 2.05) is 30.3 Å². The van der Waals surface area contributed by atoms with E-state index in [-0.39, 0.29) is 6.04 Å². The van der Waals surface area contributed by atoms with Gasteiger partial charge in [0.2, 0.25) is 0 Å². The molecule has 0 aliphatic heterocycles. The van der Waals surface area contributed by atoms with Gasteiger partial charge in [0.15, 0.2) is 0 Å². The molecule has 112 valence electrons. The van der Waals surface area contributed by atoms with E-state index in [2.05, 4.69) is 53.9 Å². The number of nitrogens with zero attached hydrogens (tertiary/aromatic N) is 2. The van der Waals surface area contributed by atoms with E-state index in [1.165, 1.54) is 11.1 Å². The summed E-state index contributed by atoms with van der Waals surface area (Å²) < 4.78 is 0. The number of hydrogen-bond acceptors (Lipinski definition) is 4. The fourth-order valence-electron chi connectivity index (χ4n) is 2.64. The van der Waals surface area contributed by atoms with Gasteiger partial charge in [-0.2, -0.15) is 0 Å². The Balaban J connectivity index is 1.80. The van der Waals surface area contributed by atoms with Crippen LogP contribution in [0.25, 0.3) is 10.9 Å². The maximum atomic E-state index is 4.39. The number of hydrogen-bond donors (Lipinski definition) is 2. The summed E-state index contributed by atoms with van der Waals surface area (Å²) in [6, 6.07) is 14.6. The minimum atomic E-state index is 0.280. The van der Waals surface area contributed by atoms with Crippen molar-refractivity contribution in [3.63, 3.8) is 0 Å². The van der Waals surface area contributed by atoms with Gasteiger partial charge in [-0.05, 0) is 55.7 Å². The summed E-state index contributed by atoms with van der Waals surface area (Å²) in [5.41, 5.74) is 3.56. The van der Waals surface area contributed by atoms with Gasteiger partial charge in [-0.15, -0.1) is 12.6 Å². The zero-order chi connectivity index (χ0) is 15.5. The lowest BCUT2D eigenvalue weighted by atomic mass is 10.0. The molecule has 1 heterocycles. The quantitative estimate of drug-likeness (QED) is 0.707. The van der Waals surface area contributed by atoms with Gasteiger partial charge < -0.3 is 5.32 Å². The lowest BCUT2D eigenvalue weighted by Crippen LogP contribution is -2.19. The van der Waals surface area contributed by atoms with E-state index in [4.69, 9.17) is 0 Å². The van der Waals surface area contributed by atoms with Gasteiger partial charge in [0.1, 0.15) is 12.1 Å². The van der Waals surface area contributed by atoms with Crippen LogP contribution in [0.2, 0.25) is 0 Å². The number of fused-ring (bicyclic) bond motifs is 1. The van der Waals surface area contributed by atoms with Crippen molar-refractivity contribution in [2.45, 2.75) is 31.2 Å². The summed E-state index contributed by atoms with van der Waals surface area (Å²) in [6.07, 6.45) is 2.55. The number of anilines is 1. The van der Waals surface area contributed by atoms with Gasteiger partial charge in [0, 0.05) is 16.3 Å². The first-order valence-electron chi connectivity index (χ1n) is 7.38. The molecule has 3 rings (SSSR count). The molecule has 0 bridgehead atoms. The number of nitrogens with one attached hydrogen (secondary N) is 1. The molecule has 3 nitrogen and oxygen atoms in total. The molecule has 0 saturated heterocycles. The lowest BCUT2D eigenvalue weighted by molar-refractivity contribution is 0.780. The predicted molar refractivity (Wildman–Crippen MR) is 94.8 cm³/mol. The highest BCUT2D eigenvalue weighted by atomic mass is 32.1. The van der Waals surface area contributed by atoms with Crippen LogP contribution in [0.3, 0.4) is 0 Å². The van der Waals surface area contributed by atoms with Crippen LogP contribution in [-0.2, 0) is 6.42 Å². The van der Waals surface area contributed by atoms with Crippen LogP contribution in [0.1, 0.15) is 18.1 Å². The topological polar surface area (TPSA) is 37.8 Å². The molecule has 1 unspecified atom stereocenters. The van der Waals surface area contributed by atoms with Crippen LogP contribution in [0.5, 0.6) is 0 Å². The third kappa shape index (κ3) is 3.22. The monoisotopic (exact) mass is 309 g/mol. The number of aryl methyl sites for hydroxylation is 1. The summed E-state index contributed by atoms with van der Waals surface area (Å²) in [6.45, 7) is 4.30. The fraction of sp³-hybridized carbons (Fsp3) is 0.222. The first-order chi connectivity index (χ1) is 10.6. The molecule has 0 spiro atoms. The largest absolute Gasteiger partial charge is 0.367 e. The zero-order valence-electron chi connectivity index (χ0n) is 12.7. The van der Waals surface area contributed by atoms with E-state index >= 15 is 0 Å². The highest BCUT2D eigenvalue weighted by Gasteiger charge is 2.09. The molecule has 1 atom stereocenters. The summed E-state index contributed by atoms with van der Waals surface area (Å²) >= 11 is 4.38. The lowest BCUT2D eigenvalue weighted by Gasteiger charge is -2.17. The van der Waals surface area contributed by atoms with Crippen LogP contribution in [0.15, 0.2) is 53.7 Å². The Morgan fingerprint density at radius 2 is 1.95 bits per heavy atom. The molecule has 22 heavy (non-hydrogen) atoms. The molecule has 4 heteroatoms. The zero-order valence-corrected chi connectivity index (χ0v) is 13.6. The van der Waals surface area contributed by atoms with Crippen LogP contribution in [0, 0.1) is 6.92 Å². The van der Waals surface area contributed by atoms with E-state index in [9.17, 15) is 0 Å². The third-order valence-electron chi connectivity index (χ3n) is 3.78. The average molecular weight is 309 g/mol. The van der Waals surface area contributed by atoms with Crippen LogP contribution in [-0.4, -0.2) is 16.0 Å². The second kappa shape index (κ2) is 6.36. The molecule has 0 aliphatic rings. The summed E-state index contributed by atoms with van der Waals surface area (Å²) in [4.78, 5) is 9.69. The molecule has 2 aromatic carbocycles. The van der Waals surface area contributed by atoms with Gasteiger partial charge in [-0.1, -0.05) is 18.2 Å². The van der Waals surface area contributed by atoms with Crippen LogP contribution in [0.4, 0.5) is 5.82 Å². The van der Waals surface area contributed by atoms with Crippen molar-refractivity contribution >= 4 is 29.3 Å². The molecule has 0 amide bonds. The Morgan fingerprint density at radius 3 is 2.77 bits per heavy atom. The van der Waals surface area contributed by atoms with Crippen molar-refractivity contribution in [1.29, 1.82) is 0 Å². The molecule has 0 aliphatic carbocycles. The molecule has 0 radical (unpaired) electrons. The smallest absolute Gasteiger partial charge is 0.137 e. The number of benzene rings is 2. The van der Waals surface area contributed by atoms with Crippen LogP contribution < -0.4 is 5.32 Å². The number of rotatable bonds is 4. The number of para-hydroxylation sites is 1. The van der Waals surface area contributed by atoms with Crippen molar-refractivity contribution in [2.24, 2.45) is 0 Å². The average Bonchev–Trinajstić information content (AvgIpc) is 2.50. The highest BCUT2D eigenvalue weighted by molar-refractivity contribution is 7.80. The number of aromatic nitrogens is 2. The van der Waals surface area contributed by atoms with E-state index < -0.39 is 0 Å². The maximum absolute atomic E-state index is 4.39. The summed E-state index contributed by atoms with van der Waals surface area (Å²) in [5.74, 6) is 0.890. The minimum Gasteiger partial charge on any atom is -0.367 e. The van der Waals surface area contributed by atoms with Crippen molar-refractivity contribution in [1.82, 2.24) is 9.97 Å². The Hall–Kier alpha value is -2.07. The second-order valence-corrected chi connectivity index (χ2v) is 6.12. The van der Waals surface area contributed by atoms with Crippen molar-refractivity contribution in [3.8, 4) is 0 Å². The second-order valence-electron chi connectivity index (χ2n) is 5.60. The molecule has 1 N–H and O–H groups in total. The minimum absolute atomic E-state index is 0.280. The van der Waals surface area contributed by atoms with Gasteiger partial charge in [-0.3, -0.25) is 0 Å². The van der Waals surface area contributed by atoms with Gasteiger partial charge in [-0.25, -0.2) is 9.97 Å². The summed E-state index contributed by atoms with van der Waals surface area (Å²) in [7, 11) is 0. The van der Waals surface area contributed by atoms with E-state index in [0.717, 1.165) is 28.0 Å². The first-order valence-corrected chi connectivity index (χ1v) is 7.83. The molecular weight excluding hydrogens is 290 g/mol. The van der Waals surface area contributed by atoms with E-state index in [0.29, 0.717) is 0 Å². The standard InChI is InChI=1S/C18H19N3S/c1-12-9-15(22)8-7-14(12)10-13(2)21-18-16-5-3-4-6-17(16)19-11-20-18/h3-9,11,13,22H,10H2,1-2H3,(H,19,20,21). The normalized spacial score (nSPS) is 12.3. The Morgan fingerprint density at radius 1 is 1.14 bits per heavy atom. The number of thiol groups is 1. The Kier molecular flexibility index (Phi) is 4.29. The first kappa shape index (κ1) is 14.9. The molecule has 0 fully saturated rings. The van der Waals surface area contributed by atoms with Crippen molar-refractivity contribution in [2.75, 3.05) is 5.32 Å². The maximum Gasteiger partial charge on any atom is 0.137 e. The van der Waals surface area contributed by atoms with Crippen molar-refractivity contribution < 1.29 is 0 Å². The van der Waals surface area contributed by atoms with Crippen LogP contribution >= 0.6 is 12.6 Å². The fourth-order valence-corrected chi connectivity index (χ4v) is 2.91. The Bertz CT molecular complexity index is 796. The third-order valence-corrected chi connectivity index (χ3v) is 4.06. The van der Waals surface area contributed by atoms with E-state index in [1.54, 1.807) is 6.33 Å².